The normalized spacial score (nSPS) is 12.4. The van der Waals surface area contributed by atoms with Gasteiger partial charge in [-0.05, 0) is 89.9 Å². The second-order valence-electron chi connectivity index (χ2n) is 24.5. The number of allylic oxidation sites excluding steroid dienone is 10. The predicted octanol–water partition coefficient (Wildman–Crippen LogP) is 25.1. The van der Waals surface area contributed by atoms with Crippen molar-refractivity contribution in [3.05, 3.63) is 60.8 Å². The SMILES string of the molecule is CCCCC/C=C\C/C=C\CCCCCCCC(=O)OCC(COC(=O)CCCCCCCCCCCCCCCCCCCCCCCCCCCCCC)OC(=O)CCCCCCCC/C=C\C/C=C\C/C=C\CCCCCCC. The number of carbonyl (C=O) groups excluding carboxylic acids is 3. The van der Waals surface area contributed by atoms with Crippen LogP contribution in [0.5, 0.6) is 0 Å². The highest BCUT2D eigenvalue weighted by Crippen LogP contribution is 2.18. The molecule has 478 valence electrons. The third-order valence-electron chi connectivity index (χ3n) is 16.2. The minimum absolute atomic E-state index is 0.0809. The zero-order valence-electron chi connectivity index (χ0n) is 55.0. The van der Waals surface area contributed by atoms with E-state index in [1.165, 1.54) is 244 Å². The summed E-state index contributed by atoms with van der Waals surface area (Å²) in [4.78, 5) is 38.5. The van der Waals surface area contributed by atoms with Crippen LogP contribution in [0, 0.1) is 0 Å². The number of unbranched alkanes of at least 4 members (excludes halogenated alkanes) is 46. The summed E-state index contributed by atoms with van der Waals surface area (Å²) in [6.07, 6.45) is 91.1. The minimum atomic E-state index is -0.788. The molecule has 0 saturated heterocycles. The molecule has 0 amide bonds. The smallest absolute Gasteiger partial charge is 0.306 e. The van der Waals surface area contributed by atoms with Gasteiger partial charge in [0, 0.05) is 19.3 Å². The standard InChI is InChI=1S/C76H138O6/c1-4-7-10-13-16-19-22-25-28-30-32-34-35-36-37-38-39-40-42-43-45-48-51-54-57-60-63-66-69-75(78)81-72-73(71-80-74(77)68-65-62-59-56-53-50-47-27-24-21-18-15-12-9-6-3)82-76(79)70-67-64-61-58-55-52-49-46-44-41-33-31-29-26-23-20-17-14-11-8-5-2/h18,21,23,26-27,31,33,44,46-47,73H,4-17,19-20,22,24-25,28-30,32,34-43,45,48-72H2,1-3H3/b21-18-,26-23-,33-31-,46-44-,47-27-. The Morgan fingerprint density at radius 3 is 0.707 bits per heavy atom. The van der Waals surface area contributed by atoms with Gasteiger partial charge in [0.2, 0.25) is 0 Å². The topological polar surface area (TPSA) is 78.9 Å². The summed E-state index contributed by atoms with van der Waals surface area (Å²) in [5.74, 6) is -0.885. The number of ether oxygens (including phenoxy) is 3. The third-order valence-corrected chi connectivity index (χ3v) is 16.2. The molecule has 0 radical (unpaired) electrons. The van der Waals surface area contributed by atoms with E-state index in [0.717, 1.165) is 103 Å². The fourth-order valence-corrected chi connectivity index (χ4v) is 10.8. The van der Waals surface area contributed by atoms with Crippen LogP contribution < -0.4 is 0 Å². The van der Waals surface area contributed by atoms with Gasteiger partial charge in [-0.2, -0.15) is 0 Å². The van der Waals surface area contributed by atoms with Gasteiger partial charge >= 0.3 is 17.9 Å². The van der Waals surface area contributed by atoms with E-state index in [1.807, 2.05) is 0 Å². The molecular weight excluding hydrogens is 1010 g/mol. The largest absolute Gasteiger partial charge is 0.462 e. The van der Waals surface area contributed by atoms with Crippen molar-refractivity contribution in [1.29, 1.82) is 0 Å². The molecule has 0 N–H and O–H groups in total. The summed E-state index contributed by atoms with van der Waals surface area (Å²) in [6, 6.07) is 0. The molecule has 0 aromatic rings. The first-order chi connectivity index (χ1) is 40.5. The quantitative estimate of drug-likeness (QED) is 0.0261. The lowest BCUT2D eigenvalue weighted by atomic mass is 10.0. The maximum Gasteiger partial charge on any atom is 0.306 e. The molecule has 0 fully saturated rings. The first-order valence-corrected chi connectivity index (χ1v) is 36.3. The van der Waals surface area contributed by atoms with Crippen LogP contribution in [0.15, 0.2) is 60.8 Å². The molecule has 1 unspecified atom stereocenters. The Morgan fingerprint density at radius 1 is 0.244 bits per heavy atom. The first-order valence-electron chi connectivity index (χ1n) is 36.3. The molecule has 0 aromatic carbocycles. The second-order valence-corrected chi connectivity index (χ2v) is 24.5. The van der Waals surface area contributed by atoms with Crippen molar-refractivity contribution in [2.24, 2.45) is 0 Å². The van der Waals surface area contributed by atoms with Crippen molar-refractivity contribution >= 4 is 17.9 Å². The molecule has 6 nitrogen and oxygen atoms in total. The molecule has 0 spiro atoms. The van der Waals surface area contributed by atoms with E-state index in [1.54, 1.807) is 0 Å². The number of hydrogen-bond acceptors (Lipinski definition) is 6. The summed E-state index contributed by atoms with van der Waals surface area (Å²) in [7, 11) is 0. The highest BCUT2D eigenvalue weighted by Gasteiger charge is 2.19. The van der Waals surface area contributed by atoms with Gasteiger partial charge in [0.05, 0.1) is 0 Å². The van der Waals surface area contributed by atoms with E-state index in [-0.39, 0.29) is 31.1 Å². The van der Waals surface area contributed by atoms with Crippen molar-refractivity contribution in [3.63, 3.8) is 0 Å². The molecule has 0 bridgehead atoms. The van der Waals surface area contributed by atoms with Crippen molar-refractivity contribution in [2.75, 3.05) is 13.2 Å². The zero-order chi connectivity index (χ0) is 59.2. The monoisotopic (exact) mass is 1150 g/mol. The molecule has 1 atom stereocenters. The maximum absolute atomic E-state index is 13.0. The summed E-state index contributed by atoms with van der Waals surface area (Å²) in [5, 5.41) is 0. The number of rotatable bonds is 67. The lowest BCUT2D eigenvalue weighted by Crippen LogP contribution is -2.30. The Morgan fingerprint density at radius 2 is 0.439 bits per heavy atom. The third kappa shape index (κ3) is 67.9. The lowest BCUT2D eigenvalue weighted by Gasteiger charge is -2.18. The Kier molecular flexibility index (Phi) is 68.1. The molecule has 0 aliphatic rings. The molecule has 0 saturated carbocycles. The van der Waals surface area contributed by atoms with Crippen LogP contribution >= 0.6 is 0 Å². The minimum Gasteiger partial charge on any atom is -0.462 e. The van der Waals surface area contributed by atoms with Crippen LogP contribution in [0.3, 0.4) is 0 Å². The molecule has 0 rings (SSSR count). The van der Waals surface area contributed by atoms with Crippen LogP contribution in [0.4, 0.5) is 0 Å². The molecule has 0 aromatic heterocycles. The molecule has 0 aliphatic carbocycles. The zero-order valence-corrected chi connectivity index (χ0v) is 55.0. The first kappa shape index (κ1) is 79.1. The fraction of sp³-hybridized carbons (Fsp3) is 0.829. The molecule has 0 aliphatic heterocycles. The number of esters is 3. The van der Waals surface area contributed by atoms with Crippen molar-refractivity contribution in [1.82, 2.24) is 0 Å². The van der Waals surface area contributed by atoms with Gasteiger partial charge in [0.15, 0.2) is 6.10 Å². The fourth-order valence-electron chi connectivity index (χ4n) is 10.8. The summed E-state index contributed by atoms with van der Waals surface area (Å²) in [5.41, 5.74) is 0. The van der Waals surface area contributed by atoms with E-state index in [4.69, 9.17) is 14.2 Å². The Labute approximate surface area is 510 Å². The molecule has 82 heavy (non-hydrogen) atoms. The van der Waals surface area contributed by atoms with Gasteiger partial charge in [-0.25, -0.2) is 0 Å². The van der Waals surface area contributed by atoms with Gasteiger partial charge in [-0.15, -0.1) is 0 Å². The van der Waals surface area contributed by atoms with E-state index in [2.05, 4.69) is 81.5 Å². The van der Waals surface area contributed by atoms with Crippen LogP contribution in [-0.2, 0) is 28.6 Å². The second kappa shape index (κ2) is 70.6. The van der Waals surface area contributed by atoms with Gasteiger partial charge in [0.25, 0.3) is 0 Å². The van der Waals surface area contributed by atoms with Crippen LogP contribution in [0.2, 0.25) is 0 Å². The summed E-state index contributed by atoms with van der Waals surface area (Å²) in [6.45, 7) is 6.64. The highest BCUT2D eigenvalue weighted by molar-refractivity contribution is 5.71. The van der Waals surface area contributed by atoms with E-state index in [9.17, 15) is 14.4 Å². The van der Waals surface area contributed by atoms with E-state index < -0.39 is 6.10 Å². The molecule has 6 heteroatoms. The average molecular weight is 1150 g/mol. The highest BCUT2D eigenvalue weighted by atomic mass is 16.6. The van der Waals surface area contributed by atoms with Gasteiger partial charge in [-0.1, -0.05) is 338 Å². The van der Waals surface area contributed by atoms with Gasteiger partial charge in [0.1, 0.15) is 13.2 Å². The number of carbonyl (C=O) groups is 3. The summed E-state index contributed by atoms with van der Waals surface area (Å²) < 4.78 is 17.0. The lowest BCUT2D eigenvalue weighted by molar-refractivity contribution is -0.167. The average Bonchev–Trinajstić information content (AvgIpc) is 3.47. The maximum atomic E-state index is 13.0. The Hall–Kier alpha value is -2.89. The number of hydrogen-bond donors (Lipinski definition) is 0. The Bertz CT molecular complexity index is 1460. The predicted molar refractivity (Wildman–Crippen MR) is 358 cm³/mol. The van der Waals surface area contributed by atoms with Crippen LogP contribution in [0.1, 0.15) is 387 Å². The van der Waals surface area contributed by atoms with Crippen molar-refractivity contribution in [3.8, 4) is 0 Å². The van der Waals surface area contributed by atoms with Crippen LogP contribution in [0.25, 0.3) is 0 Å². The van der Waals surface area contributed by atoms with Crippen molar-refractivity contribution in [2.45, 2.75) is 393 Å². The van der Waals surface area contributed by atoms with Crippen LogP contribution in [-0.4, -0.2) is 37.2 Å². The van der Waals surface area contributed by atoms with Crippen molar-refractivity contribution < 1.29 is 28.6 Å². The molecule has 0 heterocycles. The molecular formula is C76H138O6. The van der Waals surface area contributed by atoms with Gasteiger partial charge in [-0.3, -0.25) is 14.4 Å². The van der Waals surface area contributed by atoms with E-state index in [0.29, 0.717) is 19.3 Å². The Balaban J connectivity index is 4.27. The van der Waals surface area contributed by atoms with E-state index >= 15 is 0 Å². The summed E-state index contributed by atoms with van der Waals surface area (Å²) >= 11 is 0. The van der Waals surface area contributed by atoms with Gasteiger partial charge < -0.3 is 14.2 Å².